The Labute approximate surface area is 280 Å². The van der Waals surface area contributed by atoms with Crippen LogP contribution in [0.2, 0.25) is 0 Å². The Morgan fingerprint density at radius 2 is 1.67 bits per heavy atom. The van der Waals surface area contributed by atoms with Crippen molar-refractivity contribution in [3.05, 3.63) is 126 Å². The number of likely N-dealkylation sites (tertiary alicyclic amines) is 1. The molecule has 0 bridgehead atoms. The van der Waals surface area contributed by atoms with Gasteiger partial charge in [-0.25, -0.2) is 21.8 Å². The van der Waals surface area contributed by atoms with Crippen molar-refractivity contribution in [1.29, 1.82) is 0 Å². The first-order valence-electron chi connectivity index (χ1n) is 16.3. The molecule has 246 valence electrons. The molecule has 3 aromatic heterocycles. The average molecular weight is 664 g/mol. The van der Waals surface area contributed by atoms with Gasteiger partial charge in [0.2, 0.25) is 0 Å². The van der Waals surface area contributed by atoms with Gasteiger partial charge in [-0.05, 0) is 92.7 Å². The highest BCUT2D eigenvalue weighted by Gasteiger charge is 2.25. The van der Waals surface area contributed by atoms with Crippen LogP contribution in [0.15, 0.2) is 109 Å². The van der Waals surface area contributed by atoms with E-state index in [1.165, 1.54) is 21.7 Å². The van der Waals surface area contributed by atoms with E-state index in [9.17, 15) is 17.9 Å². The van der Waals surface area contributed by atoms with E-state index >= 15 is 0 Å². The molecule has 0 spiro atoms. The summed E-state index contributed by atoms with van der Waals surface area (Å²) in [6.45, 7) is 6.78. The predicted molar refractivity (Wildman–Crippen MR) is 186 cm³/mol. The number of aliphatic hydroxyl groups excluding tert-OH is 1. The van der Waals surface area contributed by atoms with Gasteiger partial charge in [0.1, 0.15) is 5.82 Å². The molecular weight excluding hydrogens is 626 g/mol. The highest BCUT2D eigenvalue weighted by Crippen LogP contribution is 2.36. The van der Waals surface area contributed by atoms with E-state index in [0.717, 1.165) is 53.7 Å². The normalized spacial score (nSPS) is 15.2. The van der Waals surface area contributed by atoms with Gasteiger partial charge in [0.25, 0.3) is 10.0 Å². The standard InChI is InChI=1S/C38H38FN5O3S/c1-26-6-12-35(13-7-26)48(46,47)44-25-37(33-21-41-43(24-33)23-28-4-3-5-34(39)18-28)36-19-32(20-40-38(36)44)30-10-8-29(9-11-30)31-14-16-42(17-15-31)22-27(2)45/h3-13,18-21,24-25,27,31,45H,14-17,22-23H2,1-2H3. The number of pyridine rings is 1. The van der Waals surface area contributed by atoms with E-state index in [0.29, 0.717) is 35.6 Å². The second-order valence-corrected chi connectivity index (χ2v) is 14.7. The monoisotopic (exact) mass is 663 g/mol. The lowest BCUT2D eigenvalue weighted by atomic mass is 9.88. The number of halogens is 1. The lowest BCUT2D eigenvalue weighted by Crippen LogP contribution is -2.37. The summed E-state index contributed by atoms with van der Waals surface area (Å²) in [6, 6.07) is 23.7. The van der Waals surface area contributed by atoms with Crippen molar-refractivity contribution < 1.29 is 17.9 Å². The van der Waals surface area contributed by atoms with Gasteiger partial charge < -0.3 is 10.0 Å². The van der Waals surface area contributed by atoms with Crippen LogP contribution in [0.4, 0.5) is 4.39 Å². The smallest absolute Gasteiger partial charge is 0.269 e. The van der Waals surface area contributed by atoms with Crippen molar-refractivity contribution in [2.24, 2.45) is 0 Å². The second kappa shape index (κ2) is 13.1. The Kier molecular flexibility index (Phi) is 8.72. The first-order valence-corrected chi connectivity index (χ1v) is 17.7. The molecular formula is C38H38FN5O3S. The minimum atomic E-state index is -3.95. The molecule has 3 aromatic carbocycles. The number of fused-ring (bicyclic) bond motifs is 1. The number of hydrogen-bond acceptors (Lipinski definition) is 6. The average Bonchev–Trinajstić information content (AvgIpc) is 3.70. The van der Waals surface area contributed by atoms with Crippen LogP contribution in [-0.4, -0.2) is 62.9 Å². The molecule has 48 heavy (non-hydrogen) atoms. The van der Waals surface area contributed by atoms with E-state index in [-0.39, 0.29) is 16.8 Å². The minimum Gasteiger partial charge on any atom is -0.392 e. The summed E-state index contributed by atoms with van der Waals surface area (Å²) < 4.78 is 44.7. The maximum absolute atomic E-state index is 13.9. The van der Waals surface area contributed by atoms with Crippen LogP contribution in [0.1, 0.15) is 42.4 Å². The molecule has 8 nitrogen and oxygen atoms in total. The van der Waals surface area contributed by atoms with Crippen molar-refractivity contribution in [1.82, 2.24) is 23.6 Å². The summed E-state index contributed by atoms with van der Waals surface area (Å²) in [6.07, 6.45) is 8.68. The van der Waals surface area contributed by atoms with Gasteiger partial charge in [-0.3, -0.25) is 4.68 Å². The summed E-state index contributed by atoms with van der Waals surface area (Å²) >= 11 is 0. The zero-order valence-corrected chi connectivity index (χ0v) is 27.8. The quantitative estimate of drug-likeness (QED) is 0.182. The second-order valence-electron chi connectivity index (χ2n) is 12.9. The fourth-order valence-corrected chi connectivity index (χ4v) is 7.98. The highest BCUT2D eigenvalue weighted by molar-refractivity contribution is 7.90. The maximum atomic E-state index is 13.9. The van der Waals surface area contributed by atoms with E-state index < -0.39 is 10.0 Å². The number of rotatable bonds is 9. The Morgan fingerprint density at radius 1 is 0.917 bits per heavy atom. The highest BCUT2D eigenvalue weighted by atomic mass is 32.2. The molecule has 1 saturated heterocycles. The molecule has 7 rings (SSSR count). The fourth-order valence-electron chi connectivity index (χ4n) is 6.66. The number of piperidine rings is 1. The Balaban J connectivity index is 1.24. The lowest BCUT2D eigenvalue weighted by Gasteiger charge is -2.32. The molecule has 0 saturated carbocycles. The van der Waals surface area contributed by atoms with Gasteiger partial charge >= 0.3 is 0 Å². The summed E-state index contributed by atoms with van der Waals surface area (Å²) in [5.41, 5.74) is 6.63. The van der Waals surface area contributed by atoms with Crippen molar-refractivity contribution in [2.75, 3.05) is 19.6 Å². The molecule has 1 aliphatic heterocycles. The first-order chi connectivity index (χ1) is 23.1. The Hall–Kier alpha value is -4.64. The molecule has 0 amide bonds. The number of β-amino-alcohol motifs (C(OH)–C–C–N with tert-alkyl or cyclic N) is 1. The third kappa shape index (κ3) is 6.56. The SMILES string of the molecule is Cc1ccc(S(=O)(=O)n2cc(-c3cnn(Cc4cccc(F)c4)c3)c3cc(-c4ccc(C5CCN(CC(C)O)CC5)cc4)cnc32)cc1. The van der Waals surface area contributed by atoms with Gasteiger partial charge in [0.05, 0.1) is 23.7 Å². The molecule has 10 heteroatoms. The third-order valence-electron chi connectivity index (χ3n) is 9.19. The Bertz CT molecular complexity index is 2160. The van der Waals surface area contributed by atoms with Gasteiger partial charge in [-0.15, -0.1) is 0 Å². The zero-order valence-electron chi connectivity index (χ0n) is 27.0. The van der Waals surface area contributed by atoms with Gasteiger partial charge in [0.15, 0.2) is 5.65 Å². The molecule has 1 aliphatic rings. The zero-order chi connectivity index (χ0) is 33.4. The molecule has 1 N–H and O–H groups in total. The number of benzene rings is 3. The Morgan fingerprint density at radius 3 is 2.38 bits per heavy atom. The van der Waals surface area contributed by atoms with Crippen molar-refractivity contribution in [2.45, 2.75) is 50.2 Å². The maximum Gasteiger partial charge on any atom is 0.269 e. The number of aliphatic hydroxyl groups is 1. The predicted octanol–water partition coefficient (Wildman–Crippen LogP) is 6.86. The molecule has 4 heterocycles. The van der Waals surface area contributed by atoms with Crippen LogP contribution in [0, 0.1) is 12.7 Å². The summed E-state index contributed by atoms with van der Waals surface area (Å²) in [4.78, 5) is 7.23. The first kappa shape index (κ1) is 31.9. The van der Waals surface area contributed by atoms with Crippen molar-refractivity contribution in [3.8, 4) is 22.3 Å². The van der Waals surface area contributed by atoms with E-state index in [2.05, 4.69) is 34.3 Å². The fraction of sp³-hybridized carbons (Fsp3) is 0.263. The summed E-state index contributed by atoms with van der Waals surface area (Å²) in [7, 11) is -3.95. The van der Waals surface area contributed by atoms with Crippen LogP contribution in [0.3, 0.4) is 0 Å². The molecule has 0 radical (unpaired) electrons. The van der Waals surface area contributed by atoms with Crippen LogP contribution in [0.5, 0.6) is 0 Å². The number of aryl methyl sites for hydroxylation is 1. The van der Waals surface area contributed by atoms with E-state index in [1.807, 2.05) is 32.2 Å². The van der Waals surface area contributed by atoms with E-state index in [1.54, 1.807) is 53.6 Å². The summed E-state index contributed by atoms with van der Waals surface area (Å²) in [5, 5.41) is 14.9. The molecule has 6 aromatic rings. The van der Waals surface area contributed by atoms with Crippen LogP contribution >= 0.6 is 0 Å². The topological polar surface area (TPSA) is 93.2 Å². The van der Waals surface area contributed by atoms with Crippen molar-refractivity contribution in [3.63, 3.8) is 0 Å². The third-order valence-corrected chi connectivity index (χ3v) is 10.9. The molecule has 1 fully saturated rings. The van der Waals surface area contributed by atoms with Crippen LogP contribution in [-0.2, 0) is 16.6 Å². The summed E-state index contributed by atoms with van der Waals surface area (Å²) in [5.74, 6) is 0.162. The number of aromatic nitrogens is 4. The van der Waals surface area contributed by atoms with E-state index in [4.69, 9.17) is 4.98 Å². The van der Waals surface area contributed by atoms with Gasteiger partial charge in [-0.2, -0.15) is 5.10 Å². The van der Waals surface area contributed by atoms with Crippen LogP contribution < -0.4 is 0 Å². The van der Waals surface area contributed by atoms with Gasteiger partial charge in [0, 0.05) is 47.2 Å². The number of hydrogen-bond donors (Lipinski definition) is 1. The van der Waals surface area contributed by atoms with Gasteiger partial charge in [-0.1, -0.05) is 54.1 Å². The minimum absolute atomic E-state index is 0.177. The molecule has 0 aliphatic carbocycles. The van der Waals surface area contributed by atoms with Crippen LogP contribution in [0.25, 0.3) is 33.3 Å². The van der Waals surface area contributed by atoms with Crippen molar-refractivity contribution >= 4 is 21.1 Å². The molecule has 1 unspecified atom stereocenters. The number of nitrogens with zero attached hydrogens (tertiary/aromatic N) is 5. The largest absolute Gasteiger partial charge is 0.392 e. The molecule has 1 atom stereocenters. The lowest BCUT2D eigenvalue weighted by molar-refractivity contribution is 0.109.